The van der Waals surface area contributed by atoms with Gasteiger partial charge in [-0.25, -0.2) is 18.9 Å². The topological polar surface area (TPSA) is 111 Å². The van der Waals surface area contributed by atoms with Crippen LogP contribution in [-0.4, -0.2) is 38.0 Å². The Hall–Kier alpha value is -4.99. The number of benzene rings is 3. The van der Waals surface area contributed by atoms with E-state index in [-0.39, 0.29) is 23.4 Å². The van der Waals surface area contributed by atoms with Gasteiger partial charge in [0.1, 0.15) is 18.0 Å². The molecular formula is C27H21FN2O7. The normalized spacial score (nSPS) is 14.4. The van der Waals surface area contributed by atoms with Gasteiger partial charge in [0.05, 0.1) is 25.5 Å². The summed E-state index contributed by atoms with van der Waals surface area (Å²) in [6, 6.07) is 15.5. The van der Waals surface area contributed by atoms with Crippen molar-refractivity contribution in [2.75, 3.05) is 19.1 Å². The van der Waals surface area contributed by atoms with E-state index < -0.39 is 29.6 Å². The van der Waals surface area contributed by atoms with Crippen molar-refractivity contribution in [1.29, 1.82) is 0 Å². The molecule has 37 heavy (non-hydrogen) atoms. The summed E-state index contributed by atoms with van der Waals surface area (Å²) in [7, 11) is 2.65. The number of imide groups is 2. The van der Waals surface area contributed by atoms with Gasteiger partial charge < -0.3 is 14.2 Å². The molecule has 1 aliphatic rings. The largest absolute Gasteiger partial charge is 0.493 e. The van der Waals surface area contributed by atoms with Crippen LogP contribution in [0, 0.1) is 5.82 Å². The van der Waals surface area contributed by atoms with Crippen LogP contribution < -0.4 is 19.7 Å². The molecule has 0 saturated carbocycles. The van der Waals surface area contributed by atoms with Gasteiger partial charge in [-0.1, -0.05) is 24.3 Å². The Kier molecular flexibility index (Phi) is 7.28. The molecule has 4 amide bonds. The summed E-state index contributed by atoms with van der Waals surface area (Å²) in [4.78, 5) is 50.5. The minimum Gasteiger partial charge on any atom is -0.493 e. The molecule has 188 valence electrons. The Morgan fingerprint density at radius 3 is 2.38 bits per heavy atom. The Morgan fingerprint density at radius 2 is 1.70 bits per heavy atom. The lowest BCUT2D eigenvalue weighted by atomic mass is 10.1. The molecule has 4 rings (SSSR count). The van der Waals surface area contributed by atoms with Crippen LogP contribution in [0.4, 0.5) is 14.9 Å². The number of rotatable bonds is 7. The lowest BCUT2D eigenvalue weighted by Crippen LogP contribution is -2.54. The van der Waals surface area contributed by atoms with Crippen LogP contribution in [-0.2, 0) is 20.9 Å². The van der Waals surface area contributed by atoms with Crippen molar-refractivity contribution in [2.45, 2.75) is 6.61 Å². The molecule has 0 radical (unpaired) electrons. The number of hydrogen-bond donors (Lipinski definition) is 1. The van der Waals surface area contributed by atoms with Crippen molar-refractivity contribution >= 4 is 35.6 Å². The minimum absolute atomic E-state index is 0.0315. The fraction of sp³-hybridized carbons (Fsp3) is 0.111. The quantitative estimate of drug-likeness (QED) is 0.295. The SMILES string of the molecule is COC(=O)c1ccc(N2C(=O)NC(=O)/C(=C\c3ccc(OCc4ccccc4F)c(OC)c3)C2=O)cc1. The standard InChI is InChI=1S/C27H21FN2O7/c1-35-23-14-16(7-12-22(23)37-15-18-5-3-4-6-21(18)28)13-20-24(31)29-27(34)30(25(20)32)19-10-8-17(9-11-19)26(33)36-2/h3-14H,15H2,1-2H3,(H,29,31,34)/b20-13+. The lowest BCUT2D eigenvalue weighted by Gasteiger charge is -2.26. The number of ether oxygens (including phenoxy) is 3. The number of carbonyl (C=O) groups excluding carboxylic acids is 4. The maximum atomic E-state index is 13.9. The van der Waals surface area contributed by atoms with E-state index in [0.29, 0.717) is 22.6 Å². The molecule has 1 aliphatic heterocycles. The molecule has 9 nitrogen and oxygen atoms in total. The predicted molar refractivity (Wildman–Crippen MR) is 131 cm³/mol. The highest BCUT2D eigenvalue weighted by Gasteiger charge is 2.36. The molecule has 3 aromatic carbocycles. The lowest BCUT2D eigenvalue weighted by molar-refractivity contribution is -0.122. The highest BCUT2D eigenvalue weighted by Crippen LogP contribution is 2.31. The van der Waals surface area contributed by atoms with Crippen molar-refractivity contribution in [3.63, 3.8) is 0 Å². The first kappa shape index (κ1) is 25.1. The summed E-state index contributed by atoms with van der Waals surface area (Å²) in [5, 5.41) is 2.14. The molecule has 0 spiro atoms. The van der Waals surface area contributed by atoms with Gasteiger partial charge in [0.2, 0.25) is 0 Å². The number of nitrogens with one attached hydrogen (secondary N) is 1. The van der Waals surface area contributed by atoms with Crippen LogP contribution >= 0.6 is 0 Å². The molecule has 1 fully saturated rings. The van der Waals surface area contributed by atoms with Crippen molar-refractivity contribution in [3.05, 3.63) is 94.8 Å². The number of urea groups is 1. The van der Waals surface area contributed by atoms with E-state index in [2.05, 4.69) is 10.1 Å². The summed E-state index contributed by atoms with van der Waals surface area (Å²) in [5.74, 6) is -2.07. The number of esters is 1. The van der Waals surface area contributed by atoms with Crippen LogP contribution in [0.1, 0.15) is 21.5 Å². The van der Waals surface area contributed by atoms with E-state index in [4.69, 9.17) is 9.47 Å². The Bertz CT molecular complexity index is 1420. The van der Waals surface area contributed by atoms with E-state index in [1.807, 2.05) is 0 Å². The number of nitrogens with zero attached hydrogens (tertiary/aromatic N) is 1. The summed E-state index contributed by atoms with van der Waals surface area (Å²) in [6.45, 7) is -0.0315. The van der Waals surface area contributed by atoms with Gasteiger partial charge in [-0.2, -0.15) is 0 Å². The first-order chi connectivity index (χ1) is 17.8. The van der Waals surface area contributed by atoms with Crippen molar-refractivity contribution < 1.29 is 37.8 Å². The van der Waals surface area contributed by atoms with Crippen molar-refractivity contribution in [1.82, 2.24) is 5.32 Å². The summed E-state index contributed by atoms with van der Waals surface area (Å²) in [5.41, 5.74) is 0.877. The van der Waals surface area contributed by atoms with Gasteiger partial charge in [-0.3, -0.25) is 14.9 Å². The average molecular weight is 504 g/mol. The Labute approximate surface area is 211 Å². The van der Waals surface area contributed by atoms with Gasteiger partial charge in [0.25, 0.3) is 11.8 Å². The second-order valence-electron chi connectivity index (χ2n) is 7.79. The smallest absolute Gasteiger partial charge is 0.337 e. The maximum absolute atomic E-state index is 13.9. The van der Waals surface area contributed by atoms with Crippen LogP contribution in [0.5, 0.6) is 11.5 Å². The van der Waals surface area contributed by atoms with Crippen LogP contribution in [0.15, 0.2) is 72.3 Å². The minimum atomic E-state index is -0.924. The third kappa shape index (κ3) is 5.32. The fourth-order valence-electron chi connectivity index (χ4n) is 3.59. The molecule has 0 atom stereocenters. The molecule has 1 saturated heterocycles. The molecular weight excluding hydrogens is 483 g/mol. The van der Waals surface area contributed by atoms with E-state index in [1.165, 1.54) is 56.7 Å². The zero-order valence-corrected chi connectivity index (χ0v) is 19.8. The maximum Gasteiger partial charge on any atom is 0.337 e. The van der Waals surface area contributed by atoms with Crippen molar-refractivity contribution in [2.24, 2.45) is 0 Å². The fourth-order valence-corrected chi connectivity index (χ4v) is 3.59. The molecule has 0 aliphatic carbocycles. The molecule has 10 heteroatoms. The van der Waals surface area contributed by atoms with Crippen LogP contribution in [0.25, 0.3) is 6.08 Å². The first-order valence-corrected chi connectivity index (χ1v) is 11.0. The highest BCUT2D eigenvalue weighted by atomic mass is 19.1. The van der Waals surface area contributed by atoms with E-state index in [9.17, 15) is 23.6 Å². The number of amides is 4. The number of anilines is 1. The Morgan fingerprint density at radius 1 is 0.973 bits per heavy atom. The predicted octanol–water partition coefficient (Wildman–Crippen LogP) is 3.87. The van der Waals surface area contributed by atoms with Crippen LogP contribution in [0.2, 0.25) is 0 Å². The zero-order chi connectivity index (χ0) is 26.5. The van der Waals surface area contributed by atoms with E-state index in [1.54, 1.807) is 30.3 Å². The van der Waals surface area contributed by atoms with Gasteiger partial charge in [0, 0.05) is 5.56 Å². The monoisotopic (exact) mass is 504 g/mol. The van der Waals surface area contributed by atoms with E-state index in [0.717, 1.165) is 4.90 Å². The average Bonchev–Trinajstić information content (AvgIpc) is 2.90. The van der Waals surface area contributed by atoms with Crippen LogP contribution in [0.3, 0.4) is 0 Å². The molecule has 3 aromatic rings. The molecule has 0 bridgehead atoms. The summed E-state index contributed by atoms with van der Waals surface area (Å²) < 4.78 is 29.6. The second kappa shape index (κ2) is 10.7. The third-order valence-corrected chi connectivity index (χ3v) is 5.49. The molecule has 0 aromatic heterocycles. The number of halogens is 1. The summed E-state index contributed by atoms with van der Waals surface area (Å²) >= 11 is 0. The second-order valence-corrected chi connectivity index (χ2v) is 7.79. The summed E-state index contributed by atoms with van der Waals surface area (Å²) in [6.07, 6.45) is 1.31. The first-order valence-electron chi connectivity index (χ1n) is 11.0. The van der Waals surface area contributed by atoms with Gasteiger partial charge in [-0.15, -0.1) is 0 Å². The molecule has 1 heterocycles. The molecule has 1 N–H and O–H groups in total. The Balaban J connectivity index is 1.58. The van der Waals surface area contributed by atoms with Gasteiger partial charge in [-0.05, 0) is 54.1 Å². The van der Waals surface area contributed by atoms with Crippen molar-refractivity contribution in [3.8, 4) is 11.5 Å². The van der Waals surface area contributed by atoms with E-state index >= 15 is 0 Å². The number of barbiturate groups is 1. The number of hydrogen-bond acceptors (Lipinski definition) is 7. The highest BCUT2D eigenvalue weighted by molar-refractivity contribution is 6.39. The zero-order valence-electron chi connectivity index (χ0n) is 19.8. The third-order valence-electron chi connectivity index (χ3n) is 5.49. The number of carbonyl (C=O) groups is 4. The number of methoxy groups -OCH3 is 2. The van der Waals surface area contributed by atoms with Gasteiger partial charge >= 0.3 is 12.0 Å². The van der Waals surface area contributed by atoms with Gasteiger partial charge in [0.15, 0.2) is 11.5 Å². The molecule has 0 unspecified atom stereocenters.